The SMILES string of the molecule is CCC1C(=O)N(C)c2cnc(NN=Cc3cccc(F)c3F)nc2N1C1CCCC1. The molecule has 2 heterocycles. The van der Waals surface area contributed by atoms with Gasteiger partial charge in [0.05, 0.1) is 12.4 Å². The average Bonchev–Trinajstić information content (AvgIpc) is 3.28. The molecule has 1 aromatic carbocycles. The Labute approximate surface area is 173 Å². The Bertz CT molecular complexity index is 976. The highest BCUT2D eigenvalue weighted by Gasteiger charge is 2.41. The van der Waals surface area contributed by atoms with Crippen molar-refractivity contribution in [2.24, 2.45) is 5.10 Å². The Morgan fingerprint density at radius 3 is 2.80 bits per heavy atom. The number of carbonyl (C=O) groups is 1. The molecule has 1 atom stereocenters. The van der Waals surface area contributed by atoms with Crippen LogP contribution in [0.1, 0.15) is 44.6 Å². The minimum Gasteiger partial charge on any atom is -0.340 e. The van der Waals surface area contributed by atoms with Gasteiger partial charge in [0, 0.05) is 18.7 Å². The van der Waals surface area contributed by atoms with Crippen LogP contribution in [0.3, 0.4) is 0 Å². The monoisotopic (exact) mass is 414 g/mol. The fraction of sp³-hybridized carbons (Fsp3) is 0.429. The molecule has 1 N–H and O–H groups in total. The van der Waals surface area contributed by atoms with Gasteiger partial charge in [-0.2, -0.15) is 10.1 Å². The summed E-state index contributed by atoms with van der Waals surface area (Å²) in [4.78, 5) is 25.5. The van der Waals surface area contributed by atoms with E-state index in [4.69, 9.17) is 0 Å². The van der Waals surface area contributed by atoms with Crippen molar-refractivity contribution >= 4 is 29.6 Å². The van der Waals surface area contributed by atoms with Crippen molar-refractivity contribution in [3.05, 3.63) is 41.6 Å². The van der Waals surface area contributed by atoms with Gasteiger partial charge in [-0.3, -0.25) is 4.79 Å². The van der Waals surface area contributed by atoms with E-state index >= 15 is 0 Å². The Morgan fingerprint density at radius 1 is 1.30 bits per heavy atom. The van der Waals surface area contributed by atoms with Crippen LogP contribution in [0.15, 0.2) is 29.5 Å². The number of aromatic nitrogens is 2. The Balaban J connectivity index is 1.63. The lowest BCUT2D eigenvalue weighted by Crippen LogP contribution is -2.55. The number of hydrazone groups is 1. The number of fused-ring (bicyclic) bond motifs is 1. The highest BCUT2D eigenvalue weighted by Crippen LogP contribution is 2.39. The first kappa shape index (κ1) is 20.2. The quantitative estimate of drug-likeness (QED) is 0.597. The number of benzene rings is 1. The van der Waals surface area contributed by atoms with Gasteiger partial charge in [0.25, 0.3) is 0 Å². The maximum atomic E-state index is 13.8. The molecule has 0 spiro atoms. The first-order valence-corrected chi connectivity index (χ1v) is 10.2. The van der Waals surface area contributed by atoms with Crippen LogP contribution in [0.5, 0.6) is 0 Å². The van der Waals surface area contributed by atoms with Gasteiger partial charge in [-0.1, -0.05) is 31.9 Å². The van der Waals surface area contributed by atoms with Crippen LogP contribution < -0.4 is 15.2 Å². The van der Waals surface area contributed by atoms with Crippen molar-refractivity contribution in [2.75, 3.05) is 22.3 Å². The number of halogens is 2. The molecule has 9 heteroatoms. The van der Waals surface area contributed by atoms with Crippen molar-refractivity contribution in [1.82, 2.24) is 9.97 Å². The van der Waals surface area contributed by atoms with Gasteiger partial charge < -0.3 is 9.80 Å². The summed E-state index contributed by atoms with van der Waals surface area (Å²) in [5.41, 5.74) is 3.36. The molecule has 2 aliphatic rings. The number of likely N-dealkylation sites (N-methyl/N-ethyl adjacent to an activating group) is 1. The van der Waals surface area contributed by atoms with Crippen molar-refractivity contribution in [2.45, 2.75) is 51.1 Å². The number of hydrogen-bond acceptors (Lipinski definition) is 6. The summed E-state index contributed by atoms with van der Waals surface area (Å²) in [6.07, 6.45) is 7.78. The average molecular weight is 414 g/mol. The summed E-state index contributed by atoms with van der Waals surface area (Å²) in [5, 5.41) is 3.95. The van der Waals surface area contributed by atoms with E-state index in [0.29, 0.717) is 17.9 Å². The number of rotatable bonds is 5. The van der Waals surface area contributed by atoms with E-state index < -0.39 is 11.6 Å². The molecule has 1 amide bonds. The van der Waals surface area contributed by atoms with E-state index in [9.17, 15) is 13.6 Å². The molecule has 7 nitrogen and oxygen atoms in total. The van der Waals surface area contributed by atoms with Crippen LogP contribution in [0, 0.1) is 11.6 Å². The molecule has 1 aliphatic carbocycles. The van der Waals surface area contributed by atoms with E-state index in [1.54, 1.807) is 18.1 Å². The maximum Gasteiger partial charge on any atom is 0.249 e. The Morgan fingerprint density at radius 2 is 2.07 bits per heavy atom. The van der Waals surface area contributed by atoms with E-state index in [0.717, 1.165) is 31.7 Å². The second-order valence-electron chi connectivity index (χ2n) is 7.58. The number of hydrogen-bond donors (Lipinski definition) is 1. The number of carbonyl (C=O) groups excluding carboxylic acids is 1. The summed E-state index contributed by atoms with van der Waals surface area (Å²) in [7, 11) is 1.73. The van der Waals surface area contributed by atoms with Crippen LogP contribution in [-0.4, -0.2) is 41.2 Å². The topological polar surface area (TPSA) is 73.7 Å². The van der Waals surface area contributed by atoms with Crippen molar-refractivity contribution in [3.63, 3.8) is 0 Å². The molecule has 1 fully saturated rings. The molecular weight excluding hydrogens is 390 g/mol. The van der Waals surface area contributed by atoms with Crippen molar-refractivity contribution in [3.8, 4) is 0 Å². The zero-order valence-electron chi connectivity index (χ0n) is 17.0. The molecule has 1 saturated carbocycles. The zero-order valence-corrected chi connectivity index (χ0v) is 17.0. The van der Waals surface area contributed by atoms with Crippen LogP contribution in [0.2, 0.25) is 0 Å². The second-order valence-corrected chi connectivity index (χ2v) is 7.58. The summed E-state index contributed by atoms with van der Waals surface area (Å²) in [5.74, 6) is -0.939. The molecule has 1 aliphatic heterocycles. The normalized spacial score (nSPS) is 19.6. The molecular formula is C21H24F2N6O. The first-order chi connectivity index (χ1) is 14.5. The summed E-state index contributed by atoms with van der Waals surface area (Å²) in [6.45, 7) is 2.00. The van der Waals surface area contributed by atoms with Crippen LogP contribution in [0.25, 0.3) is 0 Å². The first-order valence-electron chi connectivity index (χ1n) is 10.2. The number of nitrogens with one attached hydrogen (secondary N) is 1. The van der Waals surface area contributed by atoms with E-state index in [-0.39, 0.29) is 29.5 Å². The number of anilines is 3. The lowest BCUT2D eigenvalue weighted by Gasteiger charge is -2.43. The highest BCUT2D eigenvalue weighted by atomic mass is 19.2. The molecule has 1 unspecified atom stereocenters. The summed E-state index contributed by atoms with van der Waals surface area (Å²) in [6, 6.07) is 3.88. The van der Waals surface area contributed by atoms with Gasteiger partial charge >= 0.3 is 0 Å². The molecule has 0 bridgehead atoms. The third-order valence-corrected chi connectivity index (χ3v) is 5.76. The summed E-state index contributed by atoms with van der Waals surface area (Å²) < 4.78 is 27.1. The second kappa shape index (κ2) is 8.33. The zero-order chi connectivity index (χ0) is 21.3. The lowest BCUT2D eigenvalue weighted by molar-refractivity contribution is -0.120. The van der Waals surface area contributed by atoms with Crippen molar-refractivity contribution in [1.29, 1.82) is 0 Å². The van der Waals surface area contributed by atoms with Gasteiger partial charge in [-0.05, 0) is 25.3 Å². The summed E-state index contributed by atoms with van der Waals surface area (Å²) >= 11 is 0. The fourth-order valence-corrected chi connectivity index (χ4v) is 4.22. The van der Waals surface area contributed by atoms with Crippen LogP contribution in [-0.2, 0) is 4.79 Å². The molecule has 1 aromatic heterocycles. The fourth-order valence-electron chi connectivity index (χ4n) is 4.22. The molecule has 0 saturated heterocycles. The third kappa shape index (κ3) is 3.59. The third-order valence-electron chi connectivity index (χ3n) is 5.76. The molecule has 30 heavy (non-hydrogen) atoms. The molecule has 0 radical (unpaired) electrons. The standard InChI is InChI=1S/C21H24F2N6O/c1-3-16-20(30)28(2)17-12-24-21(26-19(17)29(16)14-8-4-5-9-14)27-25-11-13-7-6-10-15(22)18(13)23/h6-7,10-12,14,16H,3-5,8-9H2,1-2H3,(H,24,26,27). The minimum absolute atomic E-state index is 0.0180. The lowest BCUT2D eigenvalue weighted by atomic mass is 10.0. The number of nitrogens with zero attached hydrogens (tertiary/aromatic N) is 5. The number of amides is 1. The van der Waals surface area contributed by atoms with Gasteiger partial charge in [0.2, 0.25) is 11.9 Å². The predicted molar refractivity (Wildman–Crippen MR) is 112 cm³/mol. The highest BCUT2D eigenvalue weighted by molar-refractivity contribution is 6.04. The molecule has 2 aromatic rings. The Kier molecular flexibility index (Phi) is 5.61. The van der Waals surface area contributed by atoms with E-state index in [1.807, 2.05) is 6.92 Å². The van der Waals surface area contributed by atoms with Gasteiger partial charge in [0.15, 0.2) is 17.5 Å². The van der Waals surface area contributed by atoms with E-state index in [2.05, 4.69) is 25.4 Å². The van der Waals surface area contributed by atoms with Gasteiger partial charge in [0.1, 0.15) is 11.7 Å². The smallest absolute Gasteiger partial charge is 0.249 e. The maximum absolute atomic E-state index is 13.8. The predicted octanol–water partition coefficient (Wildman–Crippen LogP) is 3.70. The van der Waals surface area contributed by atoms with Crippen molar-refractivity contribution < 1.29 is 13.6 Å². The van der Waals surface area contributed by atoms with Gasteiger partial charge in [-0.15, -0.1) is 0 Å². The largest absolute Gasteiger partial charge is 0.340 e. The molecule has 4 rings (SSSR count). The van der Waals surface area contributed by atoms with Gasteiger partial charge in [-0.25, -0.2) is 19.2 Å². The van der Waals surface area contributed by atoms with Crippen LogP contribution >= 0.6 is 0 Å². The van der Waals surface area contributed by atoms with Crippen LogP contribution in [0.4, 0.5) is 26.2 Å². The molecule has 158 valence electrons. The minimum atomic E-state index is -0.965. The Hall–Kier alpha value is -3.10. The van der Waals surface area contributed by atoms with E-state index in [1.165, 1.54) is 18.3 Å².